The number of pyridine rings is 1. The van der Waals surface area contributed by atoms with Gasteiger partial charge in [-0.1, -0.05) is 0 Å². The maximum absolute atomic E-state index is 12.6. The first-order valence-electron chi connectivity index (χ1n) is 9.62. The number of aromatic nitrogens is 4. The van der Waals surface area contributed by atoms with E-state index in [1.54, 1.807) is 38.6 Å². The molecule has 0 unspecified atom stereocenters. The molecule has 0 aliphatic rings. The molecule has 0 spiro atoms. The molecule has 0 saturated carbocycles. The van der Waals surface area contributed by atoms with Crippen molar-refractivity contribution in [3.05, 3.63) is 53.5 Å². The van der Waals surface area contributed by atoms with Crippen LogP contribution in [-0.2, 0) is 11.2 Å². The Morgan fingerprint density at radius 1 is 1.13 bits per heavy atom. The second-order valence-electron chi connectivity index (χ2n) is 7.02. The predicted octanol–water partition coefficient (Wildman–Crippen LogP) is 3.48. The minimum atomic E-state index is -0.100. The third kappa shape index (κ3) is 3.63. The van der Waals surface area contributed by atoms with E-state index in [2.05, 4.69) is 15.4 Å². The number of carbonyl (C=O) groups excluding carboxylic acids is 1. The molecule has 1 amide bonds. The molecule has 0 bridgehead atoms. The number of amides is 1. The van der Waals surface area contributed by atoms with Gasteiger partial charge < -0.3 is 14.8 Å². The van der Waals surface area contributed by atoms with Gasteiger partial charge in [0.15, 0.2) is 11.3 Å². The Labute approximate surface area is 173 Å². The SMILES string of the molecule is COc1cc(NC(=O)CCc2c(C)nc3c4cccnc4nn3c2C)cc(OC)c1. The number of nitrogens with one attached hydrogen (secondary N) is 1. The van der Waals surface area contributed by atoms with Gasteiger partial charge in [0.05, 0.1) is 19.6 Å². The van der Waals surface area contributed by atoms with Gasteiger partial charge in [-0.25, -0.2) is 14.5 Å². The zero-order valence-electron chi connectivity index (χ0n) is 17.4. The van der Waals surface area contributed by atoms with Crippen LogP contribution in [0.2, 0.25) is 0 Å². The highest BCUT2D eigenvalue weighted by atomic mass is 16.5. The zero-order valence-corrected chi connectivity index (χ0v) is 17.4. The van der Waals surface area contributed by atoms with E-state index in [-0.39, 0.29) is 5.91 Å². The largest absolute Gasteiger partial charge is 0.497 e. The van der Waals surface area contributed by atoms with Gasteiger partial charge in [0.25, 0.3) is 0 Å². The molecular formula is C22H23N5O3. The molecule has 4 aromatic rings. The van der Waals surface area contributed by atoms with Crippen molar-refractivity contribution < 1.29 is 14.3 Å². The fraction of sp³-hybridized carbons (Fsp3) is 0.273. The summed E-state index contributed by atoms with van der Waals surface area (Å²) in [6.45, 7) is 3.95. The Hall–Kier alpha value is -3.68. The lowest BCUT2D eigenvalue weighted by Crippen LogP contribution is -2.14. The summed E-state index contributed by atoms with van der Waals surface area (Å²) >= 11 is 0. The number of fused-ring (bicyclic) bond motifs is 3. The lowest BCUT2D eigenvalue weighted by Gasteiger charge is -2.12. The average Bonchev–Trinajstić information content (AvgIpc) is 3.12. The van der Waals surface area contributed by atoms with Gasteiger partial charge in [0.1, 0.15) is 11.5 Å². The number of nitrogens with zero attached hydrogens (tertiary/aromatic N) is 4. The first-order chi connectivity index (χ1) is 14.5. The summed E-state index contributed by atoms with van der Waals surface area (Å²) in [5.74, 6) is 1.13. The van der Waals surface area contributed by atoms with Crippen LogP contribution >= 0.6 is 0 Å². The van der Waals surface area contributed by atoms with Crippen molar-refractivity contribution in [1.82, 2.24) is 19.6 Å². The highest BCUT2D eigenvalue weighted by molar-refractivity contribution is 5.91. The molecule has 0 radical (unpaired) electrons. The topological polar surface area (TPSA) is 90.6 Å². The summed E-state index contributed by atoms with van der Waals surface area (Å²) in [4.78, 5) is 21.6. The molecule has 0 atom stereocenters. The van der Waals surface area contributed by atoms with Gasteiger partial charge in [-0.3, -0.25) is 4.79 Å². The number of rotatable bonds is 6. The highest BCUT2D eigenvalue weighted by Gasteiger charge is 2.15. The van der Waals surface area contributed by atoms with Crippen molar-refractivity contribution in [3.63, 3.8) is 0 Å². The molecule has 1 N–H and O–H groups in total. The van der Waals surface area contributed by atoms with Crippen LogP contribution in [0.25, 0.3) is 16.7 Å². The number of hydrogen-bond acceptors (Lipinski definition) is 6. The van der Waals surface area contributed by atoms with E-state index in [4.69, 9.17) is 14.5 Å². The molecule has 0 fully saturated rings. The molecule has 0 saturated heterocycles. The first-order valence-corrected chi connectivity index (χ1v) is 9.62. The van der Waals surface area contributed by atoms with Crippen molar-refractivity contribution >= 4 is 28.3 Å². The monoisotopic (exact) mass is 405 g/mol. The minimum absolute atomic E-state index is 0.100. The fourth-order valence-electron chi connectivity index (χ4n) is 3.57. The number of hydrogen-bond donors (Lipinski definition) is 1. The van der Waals surface area contributed by atoms with Crippen LogP contribution in [-0.4, -0.2) is 39.7 Å². The van der Waals surface area contributed by atoms with E-state index in [1.807, 2.05) is 30.5 Å². The van der Waals surface area contributed by atoms with Gasteiger partial charge in [0.2, 0.25) is 5.91 Å². The van der Waals surface area contributed by atoms with Crippen LogP contribution in [0.15, 0.2) is 36.5 Å². The average molecular weight is 405 g/mol. The summed E-state index contributed by atoms with van der Waals surface area (Å²) in [7, 11) is 3.15. The summed E-state index contributed by atoms with van der Waals surface area (Å²) in [6, 6.07) is 9.11. The van der Waals surface area contributed by atoms with E-state index >= 15 is 0 Å². The lowest BCUT2D eigenvalue weighted by atomic mass is 10.1. The Morgan fingerprint density at radius 3 is 2.57 bits per heavy atom. The maximum atomic E-state index is 12.6. The zero-order chi connectivity index (χ0) is 21.3. The molecule has 3 heterocycles. The number of anilines is 1. The summed E-state index contributed by atoms with van der Waals surface area (Å²) < 4.78 is 12.3. The van der Waals surface area contributed by atoms with Gasteiger partial charge >= 0.3 is 0 Å². The van der Waals surface area contributed by atoms with Crippen molar-refractivity contribution in [1.29, 1.82) is 0 Å². The fourth-order valence-corrected chi connectivity index (χ4v) is 3.57. The number of benzene rings is 1. The Kier molecular flexibility index (Phi) is 5.22. The molecular weight excluding hydrogens is 382 g/mol. The molecule has 1 aromatic carbocycles. The number of methoxy groups -OCH3 is 2. The number of aryl methyl sites for hydroxylation is 2. The highest BCUT2D eigenvalue weighted by Crippen LogP contribution is 2.26. The predicted molar refractivity (Wildman–Crippen MR) is 114 cm³/mol. The van der Waals surface area contributed by atoms with E-state index in [0.29, 0.717) is 35.7 Å². The van der Waals surface area contributed by atoms with Crippen LogP contribution in [0.5, 0.6) is 11.5 Å². The van der Waals surface area contributed by atoms with E-state index < -0.39 is 0 Å². The second-order valence-corrected chi connectivity index (χ2v) is 7.02. The molecule has 4 rings (SSSR count). The number of carbonyl (C=O) groups is 1. The quantitative estimate of drug-likeness (QED) is 0.528. The van der Waals surface area contributed by atoms with Crippen LogP contribution in [0, 0.1) is 13.8 Å². The molecule has 8 nitrogen and oxygen atoms in total. The Balaban J connectivity index is 1.55. The first kappa shape index (κ1) is 19.6. The van der Waals surface area contributed by atoms with E-state index in [1.165, 1.54) is 0 Å². The van der Waals surface area contributed by atoms with Crippen molar-refractivity contribution in [2.45, 2.75) is 26.7 Å². The van der Waals surface area contributed by atoms with Crippen LogP contribution < -0.4 is 14.8 Å². The molecule has 3 aromatic heterocycles. The Bertz CT molecular complexity index is 1230. The summed E-state index contributed by atoms with van der Waals surface area (Å²) in [5, 5.41) is 8.39. The van der Waals surface area contributed by atoms with Gasteiger partial charge in [-0.2, -0.15) is 0 Å². The number of ether oxygens (including phenoxy) is 2. The van der Waals surface area contributed by atoms with Crippen LogP contribution in [0.3, 0.4) is 0 Å². The molecule has 8 heteroatoms. The van der Waals surface area contributed by atoms with Gasteiger partial charge in [-0.05, 0) is 38.0 Å². The lowest BCUT2D eigenvalue weighted by molar-refractivity contribution is -0.116. The standard InChI is InChI=1S/C22H23N5O3/c1-13-18(14(2)27-22(24-13)19-6-5-9-23-21(19)26-27)7-8-20(28)25-15-10-16(29-3)12-17(11-15)30-4/h5-6,9-12H,7-8H2,1-4H3,(H,25,28). The molecule has 154 valence electrons. The second kappa shape index (κ2) is 7.98. The third-order valence-electron chi connectivity index (χ3n) is 5.12. The van der Waals surface area contributed by atoms with Crippen molar-refractivity contribution in [3.8, 4) is 11.5 Å². The Morgan fingerprint density at radius 2 is 1.87 bits per heavy atom. The smallest absolute Gasteiger partial charge is 0.224 e. The van der Waals surface area contributed by atoms with Crippen molar-refractivity contribution in [2.24, 2.45) is 0 Å². The van der Waals surface area contributed by atoms with Crippen molar-refractivity contribution in [2.75, 3.05) is 19.5 Å². The normalized spacial score (nSPS) is 11.1. The van der Waals surface area contributed by atoms with Crippen LogP contribution in [0.1, 0.15) is 23.4 Å². The van der Waals surface area contributed by atoms with Gasteiger partial charge in [0, 0.05) is 47.9 Å². The summed E-state index contributed by atoms with van der Waals surface area (Å²) in [6.07, 6.45) is 2.58. The van der Waals surface area contributed by atoms with E-state index in [0.717, 1.165) is 28.0 Å². The molecule has 0 aliphatic carbocycles. The third-order valence-corrected chi connectivity index (χ3v) is 5.12. The molecule has 30 heavy (non-hydrogen) atoms. The minimum Gasteiger partial charge on any atom is -0.497 e. The molecule has 0 aliphatic heterocycles. The van der Waals surface area contributed by atoms with Gasteiger partial charge in [-0.15, -0.1) is 5.10 Å². The van der Waals surface area contributed by atoms with Crippen LogP contribution in [0.4, 0.5) is 5.69 Å². The summed E-state index contributed by atoms with van der Waals surface area (Å²) in [5.41, 5.74) is 4.93. The maximum Gasteiger partial charge on any atom is 0.224 e. The van der Waals surface area contributed by atoms with E-state index in [9.17, 15) is 4.79 Å².